The summed E-state index contributed by atoms with van der Waals surface area (Å²) in [4.78, 5) is 37.5. The van der Waals surface area contributed by atoms with Crippen LogP contribution in [0.4, 0.5) is 5.69 Å². The molecule has 1 aromatic heterocycles. The molecule has 33 heavy (non-hydrogen) atoms. The van der Waals surface area contributed by atoms with Gasteiger partial charge in [0, 0.05) is 36.4 Å². The zero-order valence-electron chi connectivity index (χ0n) is 16.6. The molecule has 166 valence electrons. The zero-order chi connectivity index (χ0) is 23.5. The fraction of sp³-hybridized carbons (Fsp3) is 0. The number of benzene rings is 3. The van der Waals surface area contributed by atoms with Crippen LogP contribution < -0.4 is 16.2 Å². The second kappa shape index (κ2) is 9.93. The summed E-state index contributed by atoms with van der Waals surface area (Å²) in [5.74, 6) is -1.31. The molecule has 0 radical (unpaired) electrons. The van der Waals surface area contributed by atoms with Crippen LogP contribution >= 0.6 is 50.5 Å². The number of rotatable bonds is 4. The predicted octanol–water partition coefficient (Wildman–Crippen LogP) is 6.30. The minimum absolute atomic E-state index is 0.304. The minimum atomic E-state index is -0.497. The molecule has 0 aliphatic rings. The third-order valence-corrected chi connectivity index (χ3v) is 7.02. The highest BCUT2D eigenvalue weighted by Crippen LogP contribution is 2.37. The van der Waals surface area contributed by atoms with Gasteiger partial charge >= 0.3 is 0 Å². The largest absolute Gasteiger partial charge is 0.321 e. The highest BCUT2D eigenvalue weighted by Gasteiger charge is 2.18. The van der Waals surface area contributed by atoms with Crippen molar-refractivity contribution in [1.82, 2.24) is 10.9 Å². The molecular weight excluding hydrogens is 549 g/mol. The van der Waals surface area contributed by atoms with Gasteiger partial charge in [-0.1, -0.05) is 45.2 Å². The van der Waals surface area contributed by atoms with Crippen LogP contribution in [0.2, 0.25) is 10.0 Å². The molecule has 3 N–H and O–H groups in total. The maximum absolute atomic E-state index is 12.7. The van der Waals surface area contributed by atoms with E-state index in [4.69, 9.17) is 23.2 Å². The van der Waals surface area contributed by atoms with Crippen molar-refractivity contribution >= 4 is 84.0 Å². The maximum atomic E-state index is 12.7. The van der Waals surface area contributed by atoms with Crippen LogP contribution in [0.25, 0.3) is 10.1 Å². The van der Waals surface area contributed by atoms with Gasteiger partial charge in [-0.25, -0.2) is 0 Å². The molecule has 4 rings (SSSR count). The van der Waals surface area contributed by atoms with Crippen molar-refractivity contribution < 1.29 is 14.4 Å². The summed E-state index contributed by atoms with van der Waals surface area (Å²) >= 11 is 16.9. The van der Waals surface area contributed by atoms with Gasteiger partial charge in [-0.15, -0.1) is 11.3 Å². The summed E-state index contributed by atoms with van der Waals surface area (Å²) < 4.78 is 1.66. The zero-order valence-corrected chi connectivity index (χ0v) is 20.5. The van der Waals surface area contributed by atoms with Gasteiger partial charge in [0.2, 0.25) is 0 Å². The summed E-state index contributed by atoms with van der Waals surface area (Å²) in [5.41, 5.74) is 5.92. The molecule has 0 unspecified atom stereocenters. The average molecular weight is 563 g/mol. The van der Waals surface area contributed by atoms with E-state index in [9.17, 15) is 14.4 Å². The van der Waals surface area contributed by atoms with Crippen molar-refractivity contribution in [1.29, 1.82) is 0 Å². The Balaban J connectivity index is 1.38. The number of hydrogen-bond acceptors (Lipinski definition) is 4. The lowest BCUT2D eigenvalue weighted by Crippen LogP contribution is -2.41. The SMILES string of the molecule is O=C(NNC(=O)c1ccc(NC(=O)c2sc3cc(Cl)ccc3c2Cl)cc1)c1ccc(Br)cc1. The van der Waals surface area contributed by atoms with Gasteiger partial charge in [-0.05, 0) is 60.7 Å². The van der Waals surface area contributed by atoms with Crippen LogP contribution in [0.3, 0.4) is 0 Å². The molecule has 0 saturated carbocycles. The Morgan fingerprint density at radius 3 is 1.94 bits per heavy atom. The van der Waals surface area contributed by atoms with E-state index in [1.807, 2.05) is 0 Å². The quantitative estimate of drug-likeness (QED) is 0.255. The van der Waals surface area contributed by atoms with Crippen LogP contribution in [0.5, 0.6) is 0 Å². The van der Waals surface area contributed by atoms with Gasteiger partial charge in [-0.3, -0.25) is 25.2 Å². The van der Waals surface area contributed by atoms with Crippen LogP contribution in [0, 0.1) is 0 Å². The number of hydrogen-bond donors (Lipinski definition) is 3. The second-order valence-electron chi connectivity index (χ2n) is 6.83. The van der Waals surface area contributed by atoms with E-state index in [2.05, 4.69) is 32.1 Å². The van der Waals surface area contributed by atoms with E-state index < -0.39 is 11.8 Å². The Bertz CT molecular complexity index is 1370. The molecule has 1 heterocycles. The van der Waals surface area contributed by atoms with E-state index in [1.165, 1.54) is 23.5 Å². The lowest BCUT2D eigenvalue weighted by molar-refractivity contribution is 0.0846. The number of halogens is 3. The first-order chi connectivity index (χ1) is 15.8. The monoisotopic (exact) mass is 561 g/mol. The second-order valence-corrected chi connectivity index (χ2v) is 9.61. The van der Waals surface area contributed by atoms with E-state index in [0.717, 1.165) is 14.6 Å². The number of nitrogens with one attached hydrogen (secondary N) is 3. The Kier molecular flexibility index (Phi) is 6.99. The number of thiophene rings is 1. The van der Waals surface area contributed by atoms with Crippen LogP contribution in [-0.4, -0.2) is 17.7 Å². The molecule has 0 fully saturated rings. The molecule has 6 nitrogen and oxygen atoms in total. The molecule has 0 spiro atoms. The van der Waals surface area contributed by atoms with E-state index in [-0.39, 0.29) is 5.91 Å². The first-order valence-electron chi connectivity index (χ1n) is 9.47. The summed E-state index contributed by atoms with van der Waals surface area (Å²) in [6, 6.07) is 18.2. The Morgan fingerprint density at radius 1 is 0.758 bits per heavy atom. The predicted molar refractivity (Wildman–Crippen MR) is 135 cm³/mol. The molecule has 3 aromatic carbocycles. The molecule has 0 aliphatic heterocycles. The first kappa shape index (κ1) is 23.3. The van der Waals surface area contributed by atoms with Crippen molar-refractivity contribution in [2.24, 2.45) is 0 Å². The van der Waals surface area contributed by atoms with Gasteiger partial charge < -0.3 is 5.32 Å². The van der Waals surface area contributed by atoms with Crippen molar-refractivity contribution in [2.75, 3.05) is 5.32 Å². The van der Waals surface area contributed by atoms with Crippen molar-refractivity contribution in [3.05, 3.63) is 97.3 Å². The number of anilines is 1. The molecule has 0 saturated heterocycles. The van der Waals surface area contributed by atoms with Crippen LogP contribution in [0.15, 0.2) is 71.2 Å². The fourth-order valence-corrected chi connectivity index (χ4v) is 4.89. The fourth-order valence-electron chi connectivity index (χ4n) is 2.94. The van der Waals surface area contributed by atoms with Gasteiger partial charge in [0.05, 0.1) is 5.02 Å². The molecule has 3 amide bonds. The van der Waals surface area contributed by atoms with E-state index >= 15 is 0 Å². The number of fused-ring (bicyclic) bond motifs is 1. The van der Waals surface area contributed by atoms with Gasteiger partial charge in [0.1, 0.15) is 4.88 Å². The first-order valence-corrected chi connectivity index (χ1v) is 11.8. The van der Waals surface area contributed by atoms with E-state index in [0.29, 0.717) is 31.7 Å². The standard InChI is InChI=1S/C23H14BrCl2N3O3S/c24-14-5-1-12(2-6-14)21(30)28-29-22(31)13-3-8-16(9-4-13)27-23(32)20-19(26)17-10-7-15(25)11-18(17)33-20/h1-11H,(H,27,32)(H,28,30)(H,29,31). The summed E-state index contributed by atoms with van der Waals surface area (Å²) in [6.07, 6.45) is 0. The molecule has 0 bridgehead atoms. The lowest BCUT2D eigenvalue weighted by Gasteiger charge is -2.09. The summed E-state index contributed by atoms with van der Waals surface area (Å²) in [6.45, 7) is 0. The topological polar surface area (TPSA) is 87.3 Å². The lowest BCUT2D eigenvalue weighted by atomic mass is 10.2. The summed E-state index contributed by atoms with van der Waals surface area (Å²) in [5, 5.41) is 4.45. The Hall–Kier alpha value is -2.91. The van der Waals surface area contributed by atoms with Gasteiger partial charge in [0.25, 0.3) is 17.7 Å². The van der Waals surface area contributed by atoms with Crippen molar-refractivity contribution in [2.45, 2.75) is 0 Å². The van der Waals surface area contributed by atoms with Crippen LogP contribution in [0.1, 0.15) is 30.4 Å². The van der Waals surface area contributed by atoms with Crippen LogP contribution in [-0.2, 0) is 0 Å². The molecule has 0 atom stereocenters. The molecule has 4 aromatic rings. The van der Waals surface area contributed by atoms with Gasteiger partial charge in [-0.2, -0.15) is 0 Å². The number of hydrazine groups is 1. The minimum Gasteiger partial charge on any atom is -0.321 e. The number of carbonyl (C=O) groups excluding carboxylic acids is 3. The Labute approximate surface area is 211 Å². The highest BCUT2D eigenvalue weighted by atomic mass is 79.9. The maximum Gasteiger partial charge on any atom is 0.269 e. The summed E-state index contributed by atoms with van der Waals surface area (Å²) in [7, 11) is 0. The molecule has 0 aliphatic carbocycles. The average Bonchev–Trinajstić information content (AvgIpc) is 3.13. The van der Waals surface area contributed by atoms with Crippen molar-refractivity contribution in [3.63, 3.8) is 0 Å². The molecule has 10 heteroatoms. The smallest absolute Gasteiger partial charge is 0.269 e. The highest BCUT2D eigenvalue weighted by molar-refractivity contribution is 9.10. The third-order valence-electron chi connectivity index (χ3n) is 4.60. The van der Waals surface area contributed by atoms with E-state index in [1.54, 1.807) is 54.6 Å². The van der Waals surface area contributed by atoms with Gasteiger partial charge in [0.15, 0.2) is 0 Å². The van der Waals surface area contributed by atoms with Crippen molar-refractivity contribution in [3.8, 4) is 0 Å². The molecular formula is C23H14BrCl2N3O3S. The Morgan fingerprint density at radius 2 is 1.33 bits per heavy atom. The third kappa shape index (κ3) is 5.36. The number of amides is 3. The normalized spacial score (nSPS) is 10.6. The number of carbonyl (C=O) groups is 3.